The van der Waals surface area contributed by atoms with Crippen molar-refractivity contribution in [2.75, 3.05) is 33.0 Å². The van der Waals surface area contributed by atoms with Crippen molar-refractivity contribution in [1.82, 2.24) is 0 Å². The normalized spacial score (nSPS) is 14.2. The molecule has 0 aromatic carbocycles. The van der Waals surface area contributed by atoms with Crippen molar-refractivity contribution in [2.24, 2.45) is 0 Å². The maximum absolute atomic E-state index is 5.57. The molecule has 0 radical (unpaired) electrons. The van der Waals surface area contributed by atoms with Crippen molar-refractivity contribution in [3.05, 3.63) is 0 Å². The smallest absolute Gasteiger partial charge is 0.0781 e. The standard InChI is InChI=1S/C14H30O4/c1-12(2)16-8-7-15-11-13(3)17-9-10-18-14(4,5)6/h12-13H,7-11H2,1-6H3. The van der Waals surface area contributed by atoms with Gasteiger partial charge in [0.2, 0.25) is 0 Å². The predicted molar refractivity (Wildman–Crippen MR) is 73.0 cm³/mol. The quantitative estimate of drug-likeness (QED) is 0.567. The van der Waals surface area contributed by atoms with Crippen LogP contribution in [0.5, 0.6) is 0 Å². The molecule has 0 bridgehead atoms. The molecule has 0 fully saturated rings. The highest BCUT2D eigenvalue weighted by atomic mass is 16.6. The fourth-order valence-corrected chi connectivity index (χ4v) is 1.24. The van der Waals surface area contributed by atoms with Gasteiger partial charge in [-0.2, -0.15) is 0 Å². The molecule has 0 spiro atoms. The summed E-state index contributed by atoms with van der Waals surface area (Å²) in [6.45, 7) is 15.2. The van der Waals surface area contributed by atoms with E-state index in [0.29, 0.717) is 33.0 Å². The van der Waals surface area contributed by atoms with Gasteiger partial charge in [0.1, 0.15) is 0 Å². The summed E-state index contributed by atoms with van der Waals surface area (Å²) in [7, 11) is 0. The summed E-state index contributed by atoms with van der Waals surface area (Å²) in [5, 5.41) is 0. The summed E-state index contributed by atoms with van der Waals surface area (Å²) in [5.74, 6) is 0. The molecule has 0 heterocycles. The van der Waals surface area contributed by atoms with Gasteiger partial charge in [-0.25, -0.2) is 0 Å². The molecule has 4 heteroatoms. The third-order valence-corrected chi connectivity index (χ3v) is 2.05. The first-order chi connectivity index (χ1) is 8.31. The van der Waals surface area contributed by atoms with E-state index in [0.717, 1.165) is 0 Å². The summed E-state index contributed by atoms with van der Waals surface area (Å²) in [4.78, 5) is 0. The first-order valence-corrected chi connectivity index (χ1v) is 6.76. The van der Waals surface area contributed by atoms with Crippen molar-refractivity contribution >= 4 is 0 Å². The van der Waals surface area contributed by atoms with Gasteiger partial charge in [0.25, 0.3) is 0 Å². The van der Waals surface area contributed by atoms with E-state index in [2.05, 4.69) is 0 Å². The second kappa shape index (κ2) is 9.73. The minimum absolute atomic E-state index is 0.0904. The summed E-state index contributed by atoms with van der Waals surface area (Å²) in [5.41, 5.74) is -0.0999. The van der Waals surface area contributed by atoms with Gasteiger partial charge < -0.3 is 18.9 Å². The zero-order valence-corrected chi connectivity index (χ0v) is 12.8. The van der Waals surface area contributed by atoms with Crippen LogP contribution in [0, 0.1) is 0 Å². The third kappa shape index (κ3) is 13.9. The molecule has 0 aromatic rings. The van der Waals surface area contributed by atoms with Crippen LogP contribution in [0.15, 0.2) is 0 Å². The second-order valence-electron chi connectivity index (χ2n) is 5.64. The molecule has 0 aliphatic rings. The van der Waals surface area contributed by atoms with E-state index < -0.39 is 0 Å². The molecule has 1 unspecified atom stereocenters. The molecule has 0 rings (SSSR count). The van der Waals surface area contributed by atoms with Gasteiger partial charge in [-0.1, -0.05) is 0 Å². The largest absolute Gasteiger partial charge is 0.376 e. The predicted octanol–water partition coefficient (Wildman–Crippen LogP) is 2.65. The van der Waals surface area contributed by atoms with E-state index in [-0.39, 0.29) is 17.8 Å². The van der Waals surface area contributed by atoms with Crippen molar-refractivity contribution in [3.8, 4) is 0 Å². The van der Waals surface area contributed by atoms with Crippen LogP contribution in [0.4, 0.5) is 0 Å². The highest BCUT2D eigenvalue weighted by Gasteiger charge is 2.10. The van der Waals surface area contributed by atoms with Crippen LogP contribution in [-0.4, -0.2) is 50.8 Å². The Hall–Kier alpha value is -0.160. The highest BCUT2D eigenvalue weighted by Crippen LogP contribution is 2.06. The lowest BCUT2D eigenvalue weighted by molar-refractivity contribution is -0.0694. The SMILES string of the molecule is CC(C)OCCOCC(C)OCCOC(C)(C)C. The fraction of sp³-hybridized carbons (Fsp3) is 1.00. The van der Waals surface area contributed by atoms with Crippen molar-refractivity contribution in [1.29, 1.82) is 0 Å². The second-order valence-corrected chi connectivity index (χ2v) is 5.64. The highest BCUT2D eigenvalue weighted by molar-refractivity contribution is 4.58. The van der Waals surface area contributed by atoms with Gasteiger partial charge in [0, 0.05) is 0 Å². The summed E-state index contributed by atoms with van der Waals surface area (Å²) >= 11 is 0. The van der Waals surface area contributed by atoms with Crippen molar-refractivity contribution in [3.63, 3.8) is 0 Å². The zero-order valence-electron chi connectivity index (χ0n) is 12.8. The maximum atomic E-state index is 5.57. The van der Waals surface area contributed by atoms with Crippen molar-refractivity contribution in [2.45, 2.75) is 59.4 Å². The van der Waals surface area contributed by atoms with Crippen LogP contribution in [0.1, 0.15) is 41.5 Å². The van der Waals surface area contributed by atoms with E-state index in [1.807, 2.05) is 41.5 Å². The molecule has 0 N–H and O–H groups in total. The van der Waals surface area contributed by atoms with Gasteiger partial charge in [-0.3, -0.25) is 0 Å². The molecule has 110 valence electrons. The topological polar surface area (TPSA) is 36.9 Å². The molecule has 1 atom stereocenters. The molecule has 0 aromatic heterocycles. The van der Waals surface area contributed by atoms with Crippen LogP contribution in [-0.2, 0) is 18.9 Å². The molecule has 0 saturated carbocycles. The van der Waals surface area contributed by atoms with Crippen molar-refractivity contribution < 1.29 is 18.9 Å². The minimum Gasteiger partial charge on any atom is -0.376 e. The maximum Gasteiger partial charge on any atom is 0.0781 e. The van der Waals surface area contributed by atoms with E-state index in [1.165, 1.54) is 0 Å². The Balaban J connectivity index is 3.30. The van der Waals surface area contributed by atoms with Gasteiger partial charge in [-0.15, -0.1) is 0 Å². The molecule has 0 amide bonds. The monoisotopic (exact) mass is 262 g/mol. The number of rotatable bonds is 10. The molecule has 4 nitrogen and oxygen atoms in total. The minimum atomic E-state index is -0.0999. The van der Waals surface area contributed by atoms with E-state index in [9.17, 15) is 0 Å². The lowest BCUT2D eigenvalue weighted by Gasteiger charge is -2.20. The first kappa shape index (κ1) is 17.8. The van der Waals surface area contributed by atoms with Crippen LogP contribution >= 0.6 is 0 Å². The Morgan fingerprint density at radius 2 is 1.44 bits per heavy atom. The van der Waals surface area contributed by atoms with Gasteiger partial charge in [0.05, 0.1) is 50.8 Å². The Labute approximate surface area is 112 Å². The number of hydrogen-bond donors (Lipinski definition) is 0. The van der Waals surface area contributed by atoms with E-state index in [1.54, 1.807) is 0 Å². The molecular weight excluding hydrogens is 232 g/mol. The Kier molecular flexibility index (Phi) is 9.64. The van der Waals surface area contributed by atoms with Crippen LogP contribution < -0.4 is 0 Å². The lowest BCUT2D eigenvalue weighted by Crippen LogP contribution is -2.24. The molecular formula is C14H30O4. The van der Waals surface area contributed by atoms with Crippen LogP contribution in [0.25, 0.3) is 0 Å². The summed E-state index contributed by atoms with van der Waals surface area (Å²) < 4.78 is 22.0. The first-order valence-electron chi connectivity index (χ1n) is 6.76. The number of hydrogen-bond acceptors (Lipinski definition) is 4. The molecule has 0 aliphatic heterocycles. The Morgan fingerprint density at radius 3 is 2.00 bits per heavy atom. The van der Waals surface area contributed by atoms with Crippen LogP contribution in [0.3, 0.4) is 0 Å². The average Bonchev–Trinajstić information content (AvgIpc) is 2.22. The molecule has 0 saturated heterocycles. The fourth-order valence-electron chi connectivity index (χ4n) is 1.24. The van der Waals surface area contributed by atoms with Gasteiger partial charge in [0.15, 0.2) is 0 Å². The number of ether oxygens (including phenoxy) is 4. The summed E-state index contributed by atoms with van der Waals surface area (Å²) in [6.07, 6.45) is 0.351. The third-order valence-electron chi connectivity index (χ3n) is 2.05. The van der Waals surface area contributed by atoms with Gasteiger partial charge in [-0.05, 0) is 41.5 Å². The molecule has 18 heavy (non-hydrogen) atoms. The zero-order chi connectivity index (χ0) is 14.0. The van der Waals surface area contributed by atoms with E-state index in [4.69, 9.17) is 18.9 Å². The van der Waals surface area contributed by atoms with Gasteiger partial charge >= 0.3 is 0 Å². The average molecular weight is 262 g/mol. The van der Waals surface area contributed by atoms with E-state index >= 15 is 0 Å². The Morgan fingerprint density at radius 1 is 0.833 bits per heavy atom. The van der Waals surface area contributed by atoms with Crippen LogP contribution in [0.2, 0.25) is 0 Å². The lowest BCUT2D eigenvalue weighted by atomic mass is 10.2. The Bertz CT molecular complexity index is 187. The summed E-state index contributed by atoms with van der Waals surface area (Å²) in [6, 6.07) is 0. The molecule has 0 aliphatic carbocycles.